The van der Waals surface area contributed by atoms with Gasteiger partial charge in [0.05, 0.1) is 0 Å². The van der Waals surface area contributed by atoms with Crippen molar-refractivity contribution in [1.82, 2.24) is 24.7 Å². The van der Waals surface area contributed by atoms with E-state index in [1.807, 2.05) is 9.80 Å². The van der Waals surface area contributed by atoms with E-state index in [2.05, 4.69) is 15.2 Å². The van der Waals surface area contributed by atoms with Crippen molar-refractivity contribution in [2.24, 2.45) is 7.05 Å². The molecule has 2 saturated heterocycles. The van der Waals surface area contributed by atoms with Crippen LogP contribution in [0.5, 0.6) is 0 Å². The van der Waals surface area contributed by atoms with Gasteiger partial charge in [-0.3, -0.25) is 14.5 Å². The second kappa shape index (κ2) is 7.76. The molecule has 0 bridgehead atoms. The molecule has 3 rings (SSSR count). The second-order valence-corrected chi connectivity index (χ2v) is 6.38. The topological polar surface area (TPSA) is 73.7 Å². The van der Waals surface area contributed by atoms with E-state index in [0.29, 0.717) is 12.2 Å². The highest BCUT2D eigenvalue weighted by Crippen LogP contribution is 2.09. The van der Waals surface area contributed by atoms with Crippen molar-refractivity contribution in [3.05, 3.63) is 22.7 Å². The molecule has 0 saturated carbocycles. The van der Waals surface area contributed by atoms with Gasteiger partial charge in [-0.05, 0) is 0 Å². The smallest absolute Gasteiger partial charge is 0.293 e. The van der Waals surface area contributed by atoms with Gasteiger partial charge in [-0.2, -0.15) is 0 Å². The average molecular weight is 334 g/mol. The van der Waals surface area contributed by atoms with Crippen LogP contribution in [0, 0.1) is 0 Å². The van der Waals surface area contributed by atoms with E-state index in [9.17, 15) is 9.59 Å². The molecular formula is C16H26N6O2. The molecule has 3 heterocycles. The molecule has 0 atom stereocenters. The Kier molecular flexibility index (Phi) is 5.47. The van der Waals surface area contributed by atoms with Gasteiger partial charge in [0.1, 0.15) is 0 Å². The fraction of sp³-hybridized carbons (Fsp3) is 0.688. The summed E-state index contributed by atoms with van der Waals surface area (Å²) in [7, 11) is 1.74. The molecule has 2 aliphatic rings. The average Bonchev–Trinajstić information content (AvgIpc) is 2.63. The highest BCUT2D eigenvalue weighted by molar-refractivity contribution is 5.76. The molecule has 0 aliphatic carbocycles. The van der Waals surface area contributed by atoms with Crippen molar-refractivity contribution in [3.63, 3.8) is 0 Å². The Balaban J connectivity index is 1.46. The van der Waals surface area contributed by atoms with E-state index < -0.39 is 0 Å². The monoisotopic (exact) mass is 334 g/mol. The highest BCUT2D eigenvalue weighted by Gasteiger charge is 2.22. The lowest BCUT2D eigenvalue weighted by Gasteiger charge is -2.35. The first-order chi connectivity index (χ1) is 11.6. The Labute approximate surface area is 142 Å². The molecular weight excluding hydrogens is 308 g/mol. The van der Waals surface area contributed by atoms with Crippen molar-refractivity contribution < 1.29 is 4.79 Å². The maximum Gasteiger partial charge on any atom is 0.293 e. The lowest BCUT2D eigenvalue weighted by atomic mass is 10.2. The molecule has 1 aromatic rings. The van der Waals surface area contributed by atoms with Gasteiger partial charge < -0.3 is 19.7 Å². The third kappa shape index (κ3) is 3.93. The zero-order chi connectivity index (χ0) is 16.9. The van der Waals surface area contributed by atoms with Crippen LogP contribution in [-0.4, -0.2) is 84.2 Å². The molecule has 0 aromatic carbocycles. The lowest BCUT2D eigenvalue weighted by molar-refractivity contribution is -0.132. The molecule has 8 heteroatoms. The van der Waals surface area contributed by atoms with Crippen molar-refractivity contribution in [2.45, 2.75) is 6.42 Å². The van der Waals surface area contributed by atoms with Gasteiger partial charge in [0.25, 0.3) is 5.56 Å². The SMILES string of the molecule is Cn1ccnc(N2CCN(CCC(=O)N3CCNCC3)CC2)c1=O. The van der Waals surface area contributed by atoms with Gasteiger partial charge >= 0.3 is 0 Å². The molecule has 2 fully saturated rings. The molecule has 132 valence electrons. The third-order valence-electron chi connectivity index (χ3n) is 4.78. The predicted molar refractivity (Wildman–Crippen MR) is 92.2 cm³/mol. The van der Waals surface area contributed by atoms with Crippen LogP contribution in [0.15, 0.2) is 17.2 Å². The minimum absolute atomic E-state index is 0.0557. The minimum atomic E-state index is -0.0557. The van der Waals surface area contributed by atoms with Crippen LogP contribution in [0.1, 0.15) is 6.42 Å². The number of hydrogen-bond acceptors (Lipinski definition) is 6. The summed E-state index contributed by atoms with van der Waals surface area (Å²) in [5, 5.41) is 3.26. The van der Waals surface area contributed by atoms with Crippen molar-refractivity contribution >= 4 is 11.7 Å². The third-order valence-corrected chi connectivity index (χ3v) is 4.78. The van der Waals surface area contributed by atoms with Crippen LogP contribution in [0.4, 0.5) is 5.82 Å². The maximum atomic E-state index is 12.2. The van der Waals surface area contributed by atoms with Gasteiger partial charge in [-0.25, -0.2) is 4.98 Å². The molecule has 1 aromatic heterocycles. The van der Waals surface area contributed by atoms with E-state index in [1.54, 1.807) is 24.0 Å². The first-order valence-corrected chi connectivity index (χ1v) is 8.62. The molecule has 2 aliphatic heterocycles. The van der Waals surface area contributed by atoms with Gasteiger partial charge in [0.15, 0.2) is 5.82 Å². The predicted octanol–water partition coefficient (Wildman–Crippen LogP) is -1.28. The number of aromatic nitrogens is 2. The Morgan fingerprint density at radius 1 is 1.17 bits per heavy atom. The van der Waals surface area contributed by atoms with Crippen LogP contribution < -0.4 is 15.8 Å². The molecule has 0 spiro atoms. The number of nitrogens with zero attached hydrogens (tertiary/aromatic N) is 5. The summed E-state index contributed by atoms with van der Waals surface area (Å²) in [6.45, 7) is 7.46. The summed E-state index contributed by atoms with van der Waals surface area (Å²) in [5.74, 6) is 0.772. The van der Waals surface area contributed by atoms with Gasteiger partial charge in [-0.1, -0.05) is 0 Å². The number of carbonyl (C=O) groups excluding carboxylic acids is 1. The number of amides is 1. The number of anilines is 1. The van der Waals surface area contributed by atoms with Crippen LogP contribution in [0.25, 0.3) is 0 Å². The summed E-state index contributed by atoms with van der Waals surface area (Å²) >= 11 is 0. The number of piperazine rings is 2. The maximum absolute atomic E-state index is 12.2. The summed E-state index contributed by atoms with van der Waals surface area (Å²) < 4.78 is 1.56. The standard InChI is InChI=1S/C16H26N6O2/c1-19-7-5-18-15(16(19)24)22-12-10-20(11-13-22)6-2-14(23)21-8-3-17-4-9-21/h5,7,17H,2-4,6,8-13H2,1H3. The summed E-state index contributed by atoms with van der Waals surface area (Å²) in [5.41, 5.74) is -0.0557. The fourth-order valence-electron chi connectivity index (χ4n) is 3.21. The largest absolute Gasteiger partial charge is 0.349 e. The van der Waals surface area contributed by atoms with Crippen molar-refractivity contribution in [2.75, 3.05) is 63.8 Å². The van der Waals surface area contributed by atoms with Gasteiger partial charge in [0.2, 0.25) is 5.91 Å². The molecule has 1 amide bonds. The van der Waals surface area contributed by atoms with E-state index >= 15 is 0 Å². The summed E-state index contributed by atoms with van der Waals surface area (Å²) in [6.07, 6.45) is 3.91. The number of carbonyl (C=O) groups is 1. The normalized spacial score (nSPS) is 19.5. The quantitative estimate of drug-likeness (QED) is 0.740. The van der Waals surface area contributed by atoms with Crippen LogP contribution >= 0.6 is 0 Å². The first-order valence-electron chi connectivity index (χ1n) is 8.62. The highest BCUT2D eigenvalue weighted by atomic mass is 16.2. The van der Waals surface area contributed by atoms with Gasteiger partial charge in [0, 0.05) is 84.8 Å². The first kappa shape index (κ1) is 16.9. The van der Waals surface area contributed by atoms with Crippen LogP contribution in [0.2, 0.25) is 0 Å². The Morgan fingerprint density at radius 3 is 2.58 bits per heavy atom. The van der Waals surface area contributed by atoms with E-state index in [-0.39, 0.29) is 11.5 Å². The molecule has 0 unspecified atom stereocenters. The van der Waals surface area contributed by atoms with E-state index in [1.165, 1.54) is 0 Å². The van der Waals surface area contributed by atoms with Crippen molar-refractivity contribution in [1.29, 1.82) is 0 Å². The Morgan fingerprint density at radius 2 is 1.88 bits per heavy atom. The number of rotatable bonds is 4. The van der Waals surface area contributed by atoms with E-state index in [0.717, 1.165) is 58.9 Å². The second-order valence-electron chi connectivity index (χ2n) is 6.38. The van der Waals surface area contributed by atoms with Gasteiger partial charge in [-0.15, -0.1) is 0 Å². The Bertz CT molecular complexity index is 617. The lowest BCUT2D eigenvalue weighted by Crippen LogP contribution is -2.50. The zero-order valence-electron chi connectivity index (χ0n) is 14.3. The summed E-state index contributed by atoms with van der Waals surface area (Å²) in [4.78, 5) is 34.9. The zero-order valence-corrected chi connectivity index (χ0v) is 14.3. The minimum Gasteiger partial charge on any atom is -0.349 e. The number of nitrogens with one attached hydrogen (secondary N) is 1. The number of aryl methyl sites for hydroxylation is 1. The van der Waals surface area contributed by atoms with Crippen molar-refractivity contribution in [3.8, 4) is 0 Å². The summed E-state index contributed by atoms with van der Waals surface area (Å²) in [6, 6.07) is 0. The van der Waals surface area contributed by atoms with Crippen LogP contribution in [0.3, 0.4) is 0 Å². The fourth-order valence-corrected chi connectivity index (χ4v) is 3.21. The molecule has 8 nitrogen and oxygen atoms in total. The Hall–Kier alpha value is -1.93. The van der Waals surface area contributed by atoms with E-state index in [4.69, 9.17) is 0 Å². The van der Waals surface area contributed by atoms with Crippen LogP contribution in [-0.2, 0) is 11.8 Å². The molecule has 24 heavy (non-hydrogen) atoms. The molecule has 0 radical (unpaired) electrons. The molecule has 1 N–H and O–H groups in total. The number of hydrogen-bond donors (Lipinski definition) is 1.